The summed E-state index contributed by atoms with van der Waals surface area (Å²) in [6.45, 7) is 9.42. The van der Waals surface area contributed by atoms with Gasteiger partial charge in [0.15, 0.2) is 0 Å². The molecule has 0 aromatic carbocycles. The lowest BCUT2D eigenvalue weighted by Crippen LogP contribution is -2.47. The Morgan fingerprint density at radius 3 is 2.74 bits per heavy atom. The summed E-state index contributed by atoms with van der Waals surface area (Å²) >= 11 is 0. The van der Waals surface area contributed by atoms with Crippen molar-refractivity contribution in [1.29, 1.82) is 5.26 Å². The highest BCUT2D eigenvalue weighted by molar-refractivity contribution is 5.83. The zero-order chi connectivity index (χ0) is 14.3. The maximum atomic E-state index is 12.9. The minimum Gasteiger partial charge on any atom is -0.341 e. The van der Waals surface area contributed by atoms with Gasteiger partial charge >= 0.3 is 0 Å². The highest BCUT2D eigenvalue weighted by Crippen LogP contribution is 2.33. The van der Waals surface area contributed by atoms with E-state index in [1.807, 2.05) is 4.90 Å². The quantitative estimate of drug-likeness (QED) is 0.767. The van der Waals surface area contributed by atoms with Crippen molar-refractivity contribution in [2.24, 2.45) is 11.3 Å². The van der Waals surface area contributed by atoms with E-state index in [0.717, 1.165) is 38.9 Å². The summed E-state index contributed by atoms with van der Waals surface area (Å²) in [6, 6.07) is 2.15. The minimum absolute atomic E-state index is 0.223. The third-order valence-electron chi connectivity index (χ3n) is 3.79. The average molecular weight is 265 g/mol. The molecule has 1 amide bonds. The number of nitrogens with one attached hydrogen (secondary N) is 1. The minimum atomic E-state index is -0.223. The van der Waals surface area contributed by atoms with E-state index >= 15 is 0 Å². The van der Waals surface area contributed by atoms with E-state index in [1.54, 1.807) is 0 Å². The lowest BCUT2D eigenvalue weighted by molar-refractivity contribution is -0.142. The molecular weight excluding hydrogens is 238 g/mol. The van der Waals surface area contributed by atoms with Gasteiger partial charge in [-0.1, -0.05) is 27.2 Å². The van der Waals surface area contributed by atoms with Crippen molar-refractivity contribution in [2.75, 3.05) is 26.2 Å². The van der Waals surface area contributed by atoms with Gasteiger partial charge in [0.25, 0.3) is 0 Å². The normalized spacial score (nSPS) is 22.5. The van der Waals surface area contributed by atoms with Crippen molar-refractivity contribution in [2.45, 2.75) is 46.5 Å². The van der Waals surface area contributed by atoms with Crippen molar-refractivity contribution in [1.82, 2.24) is 10.2 Å². The topological polar surface area (TPSA) is 56.1 Å². The number of carbonyl (C=O) groups is 1. The maximum absolute atomic E-state index is 12.9. The molecule has 1 aliphatic heterocycles. The van der Waals surface area contributed by atoms with Crippen LogP contribution in [0.4, 0.5) is 0 Å². The van der Waals surface area contributed by atoms with Gasteiger partial charge in [-0.15, -0.1) is 0 Å². The van der Waals surface area contributed by atoms with Gasteiger partial charge in [0.2, 0.25) is 5.91 Å². The highest BCUT2D eigenvalue weighted by atomic mass is 16.2. The molecule has 19 heavy (non-hydrogen) atoms. The van der Waals surface area contributed by atoms with Crippen molar-refractivity contribution in [3.63, 3.8) is 0 Å². The average Bonchev–Trinajstić information content (AvgIpc) is 2.83. The van der Waals surface area contributed by atoms with Crippen molar-refractivity contribution in [3.05, 3.63) is 0 Å². The first-order chi connectivity index (χ1) is 9.05. The van der Waals surface area contributed by atoms with Gasteiger partial charge in [0.1, 0.15) is 0 Å². The van der Waals surface area contributed by atoms with Crippen LogP contribution in [0.1, 0.15) is 46.5 Å². The molecule has 0 aromatic rings. The van der Waals surface area contributed by atoms with E-state index in [4.69, 9.17) is 5.26 Å². The summed E-state index contributed by atoms with van der Waals surface area (Å²) in [6.07, 6.45) is 3.33. The Morgan fingerprint density at radius 2 is 2.26 bits per heavy atom. The summed E-state index contributed by atoms with van der Waals surface area (Å²) in [5.41, 5.74) is -0.223. The molecule has 0 aromatic heterocycles. The third kappa shape index (κ3) is 4.21. The van der Waals surface area contributed by atoms with E-state index < -0.39 is 0 Å². The molecule has 0 spiro atoms. The smallest absolute Gasteiger partial charge is 0.230 e. The summed E-state index contributed by atoms with van der Waals surface area (Å²) < 4.78 is 0. The molecule has 0 aliphatic carbocycles. The fraction of sp³-hybridized carbons (Fsp3) is 0.867. The Labute approximate surface area is 117 Å². The summed E-state index contributed by atoms with van der Waals surface area (Å²) in [5.74, 6) is 0.694. The number of amides is 1. The lowest BCUT2D eigenvalue weighted by atomic mass is 9.81. The first-order valence-corrected chi connectivity index (χ1v) is 7.43. The van der Waals surface area contributed by atoms with Crippen LogP contribution in [-0.4, -0.2) is 37.0 Å². The van der Waals surface area contributed by atoms with Crippen molar-refractivity contribution in [3.8, 4) is 6.07 Å². The van der Waals surface area contributed by atoms with Crippen LogP contribution in [0.25, 0.3) is 0 Å². The Bertz CT molecular complexity index is 327. The van der Waals surface area contributed by atoms with Gasteiger partial charge in [0, 0.05) is 19.6 Å². The fourth-order valence-electron chi connectivity index (χ4n) is 2.96. The second-order valence-electron chi connectivity index (χ2n) is 6.01. The van der Waals surface area contributed by atoms with Crippen LogP contribution in [0, 0.1) is 22.7 Å². The molecule has 1 rings (SSSR count). The van der Waals surface area contributed by atoms with Gasteiger partial charge in [-0.2, -0.15) is 5.26 Å². The Kier molecular flexibility index (Phi) is 6.30. The molecule has 0 saturated carbocycles. The monoisotopic (exact) mass is 265 g/mol. The Balaban J connectivity index is 2.80. The molecule has 1 saturated heterocycles. The van der Waals surface area contributed by atoms with Gasteiger partial charge in [-0.25, -0.2) is 0 Å². The van der Waals surface area contributed by atoms with E-state index in [-0.39, 0.29) is 11.3 Å². The van der Waals surface area contributed by atoms with E-state index in [9.17, 15) is 4.79 Å². The fourth-order valence-corrected chi connectivity index (χ4v) is 2.96. The number of carbonyl (C=O) groups excluding carboxylic acids is 1. The molecular formula is C15H27N3O. The number of nitrogens with zero attached hydrogens (tertiary/aromatic N) is 2. The molecule has 1 atom stereocenters. The first kappa shape index (κ1) is 16.0. The van der Waals surface area contributed by atoms with E-state index in [2.05, 4.69) is 32.2 Å². The molecule has 108 valence electrons. The molecule has 4 nitrogen and oxygen atoms in total. The van der Waals surface area contributed by atoms with E-state index in [1.165, 1.54) is 0 Å². The third-order valence-corrected chi connectivity index (χ3v) is 3.79. The van der Waals surface area contributed by atoms with Crippen LogP contribution in [0.3, 0.4) is 0 Å². The number of rotatable bonds is 7. The summed E-state index contributed by atoms with van der Waals surface area (Å²) in [4.78, 5) is 14.8. The van der Waals surface area contributed by atoms with Crippen LogP contribution in [0.2, 0.25) is 0 Å². The molecule has 1 fully saturated rings. The predicted octanol–water partition coefficient (Wildman–Crippen LogP) is 2.16. The van der Waals surface area contributed by atoms with Crippen LogP contribution in [0.15, 0.2) is 0 Å². The molecule has 0 bridgehead atoms. The zero-order valence-corrected chi connectivity index (χ0v) is 12.5. The zero-order valence-electron chi connectivity index (χ0n) is 12.5. The molecule has 1 N–H and O–H groups in total. The predicted molar refractivity (Wildman–Crippen MR) is 76.5 cm³/mol. The molecule has 1 heterocycles. The van der Waals surface area contributed by atoms with Crippen molar-refractivity contribution < 1.29 is 4.79 Å². The second-order valence-corrected chi connectivity index (χ2v) is 6.01. The van der Waals surface area contributed by atoms with Crippen molar-refractivity contribution >= 4 is 5.91 Å². The SMILES string of the molecule is CCCC1(C(=O)N(CCC#N)CC(C)C)CCNC1. The molecule has 1 aliphatic rings. The standard InChI is InChI=1S/C15H27N3O/c1-4-6-15(7-9-17-12-15)14(19)18(10-5-8-16)11-13(2)3/h13,17H,4-7,9-12H2,1-3H3. The molecule has 4 heteroatoms. The summed E-state index contributed by atoms with van der Waals surface area (Å²) in [5, 5.41) is 12.1. The Morgan fingerprint density at radius 1 is 1.53 bits per heavy atom. The highest BCUT2D eigenvalue weighted by Gasteiger charge is 2.42. The van der Waals surface area contributed by atoms with Crippen LogP contribution < -0.4 is 5.32 Å². The second kappa shape index (κ2) is 7.49. The first-order valence-electron chi connectivity index (χ1n) is 7.43. The molecule has 1 unspecified atom stereocenters. The summed E-state index contributed by atoms with van der Waals surface area (Å²) in [7, 11) is 0. The van der Waals surface area contributed by atoms with Gasteiger partial charge in [-0.05, 0) is 25.3 Å². The van der Waals surface area contributed by atoms with Crippen LogP contribution in [-0.2, 0) is 4.79 Å². The van der Waals surface area contributed by atoms with Gasteiger partial charge in [0.05, 0.1) is 17.9 Å². The van der Waals surface area contributed by atoms with Gasteiger partial charge < -0.3 is 10.2 Å². The van der Waals surface area contributed by atoms with Gasteiger partial charge in [-0.3, -0.25) is 4.79 Å². The number of hydrogen-bond acceptors (Lipinski definition) is 3. The molecule has 0 radical (unpaired) electrons. The van der Waals surface area contributed by atoms with Crippen LogP contribution in [0.5, 0.6) is 0 Å². The largest absolute Gasteiger partial charge is 0.341 e. The van der Waals surface area contributed by atoms with E-state index in [0.29, 0.717) is 18.9 Å². The Hall–Kier alpha value is -1.08. The number of hydrogen-bond donors (Lipinski definition) is 1. The maximum Gasteiger partial charge on any atom is 0.230 e. The lowest BCUT2D eigenvalue weighted by Gasteiger charge is -2.34. The number of nitriles is 1. The van der Waals surface area contributed by atoms with Crippen LogP contribution >= 0.6 is 0 Å².